The Morgan fingerprint density at radius 3 is 2.59 bits per heavy atom. The highest BCUT2D eigenvalue weighted by Gasteiger charge is 2.38. The summed E-state index contributed by atoms with van der Waals surface area (Å²) in [5.74, 6) is -1.22. The summed E-state index contributed by atoms with van der Waals surface area (Å²) in [6.45, 7) is 2.09. The van der Waals surface area contributed by atoms with E-state index in [1.54, 1.807) is 12.1 Å². The number of hydrogen-bond donors (Lipinski definition) is 5. The van der Waals surface area contributed by atoms with Crippen LogP contribution in [0.2, 0.25) is 0 Å². The van der Waals surface area contributed by atoms with Gasteiger partial charge in [0, 0.05) is 31.6 Å². The quantitative estimate of drug-likeness (QED) is 0.436. The van der Waals surface area contributed by atoms with Crippen molar-refractivity contribution in [3.63, 3.8) is 0 Å². The summed E-state index contributed by atoms with van der Waals surface area (Å²) in [6.07, 6.45) is 5.03. The molecule has 3 aliphatic rings. The Balaban J connectivity index is 1.27. The molecule has 1 amide bonds. The number of nitrogens with one attached hydrogen (secondary N) is 3. The monoisotopic (exact) mass is 401 g/mol. The fraction of sp³-hybridized carbons (Fsp3) is 0.600. The summed E-state index contributed by atoms with van der Waals surface area (Å²) in [5.41, 5.74) is 0.701. The van der Waals surface area contributed by atoms with Gasteiger partial charge in [-0.25, -0.2) is 4.79 Å². The highest BCUT2D eigenvalue weighted by molar-refractivity contribution is 6.47. The molecule has 5 N–H and O–H groups in total. The Morgan fingerprint density at radius 2 is 1.93 bits per heavy atom. The zero-order valence-corrected chi connectivity index (χ0v) is 16.4. The second-order valence-electron chi connectivity index (χ2n) is 8.43. The summed E-state index contributed by atoms with van der Waals surface area (Å²) in [6, 6.07) is 6.00. The molecule has 1 aromatic rings. The average molecular weight is 401 g/mol. The second kappa shape index (κ2) is 8.73. The predicted molar refractivity (Wildman–Crippen MR) is 108 cm³/mol. The zero-order valence-electron chi connectivity index (χ0n) is 16.4. The molecule has 0 radical (unpaired) electrons. The van der Waals surface area contributed by atoms with Crippen molar-refractivity contribution in [2.24, 2.45) is 5.92 Å². The fourth-order valence-corrected chi connectivity index (χ4v) is 4.52. The molecule has 0 bridgehead atoms. The summed E-state index contributed by atoms with van der Waals surface area (Å²) in [7, 11) is -1.26. The van der Waals surface area contributed by atoms with Gasteiger partial charge in [-0.3, -0.25) is 4.79 Å². The number of carboxylic acid groups (broad SMARTS) is 1. The minimum Gasteiger partial charge on any atom is -0.534 e. The van der Waals surface area contributed by atoms with Crippen LogP contribution >= 0.6 is 0 Å². The van der Waals surface area contributed by atoms with Crippen LogP contribution in [-0.2, 0) is 11.2 Å². The van der Waals surface area contributed by atoms with Crippen LogP contribution in [0.1, 0.15) is 48.0 Å². The maximum absolute atomic E-state index is 12.5. The van der Waals surface area contributed by atoms with Gasteiger partial charge >= 0.3 is 13.1 Å². The molecular weight excluding hydrogens is 373 g/mol. The minimum absolute atomic E-state index is 0.0226. The molecule has 2 fully saturated rings. The third-order valence-corrected chi connectivity index (χ3v) is 6.27. The highest BCUT2D eigenvalue weighted by atomic mass is 16.5. The van der Waals surface area contributed by atoms with Crippen LogP contribution in [0.25, 0.3) is 0 Å². The van der Waals surface area contributed by atoms with Gasteiger partial charge in [-0.15, -0.1) is 0 Å². The maximum Gasteiger partial charge on any atom is 0.547 e. The van der Waals surface area contributed by atoms with Gasteiger partial charge in [0.25, 0.3) is 0 Å². The Bertz CT molecular complexity index is 764. The van der Waals surface area contributed by atoms with Crippen LogP contribution in [0, 0.1) is 5.92 Å². The van der Waals surface area contributed by atoms with E-state index < -0.39 is 19.0 Å². The molecule has 1 aromatic carbocycles. The fourth-order valence-electron chi connectivity index (χ4n) is 4.52. The second-order valence-corrected chi connectivity index (χ2v) is 8.43. The van der Waals surface area contributed by atoms with Crippen LogP contribution in [0.3, 0.4) is 0 Å². The highest BCUT2D eigenvalue weighted by Crippen LogP contribution is 2.31. The van der Waals surface area contributed by atoms with Gasteiger partial charge in [0.15, 0.2) is 0 Å². The molecule has 2 aliphatic heterocycles. The molecule has 0 aromatic heterocycles. The van der Waals surface area contributed by atoms with E-state index in [0.29, 0.717) is 36.4 Å². The zero-order chi connectivity index (χ0) is 20.4. The van der Waals surface area contributed by atoms with E-state index in [9.17, 15) is 19.7 Å². The number of fused-ring (bicyclic) bond motifs is 1. The number of aromatic carboxylic acids is 1. The van der Waals surface area contributed by atoms with Gasteiger partial charge in [0.1, 0.15) is 5.75 Å². The molecule has 4 rings (SSSR count). The van der Waals surface area contributed by atoms with Gasteiger partial charge < -0.3 is 30.7 Å². The number of hydrogen-bond acceptors (Lipinski definition) is 6. The van der Waals surface area contributed by atoms with E-state index >= 15 is 0 Å². The number of amides is 1. The van der Waals surface area contributed by atoms with E-state index in [1.165, 1.54) is 6.07 Å². The first kappa shape index (κ1) is 20.2. The van der Waals surface area contributed by atoms with Gasteiger partial charge in [-0.1, -0.05) is 12.1 Å². The molecule has 1 saturated carbocycles. The summed E-state index contributed by atoms with van der Waals surface area (Å²) in [4.78, 5) is 23.9. The predicted octanol–water partition coefficient (Wildman–Crippen LogP) is 0.335. The molecule has 9 heteroatoms. The van der Waals surface area contributed by atoms with Gasteiger partial charge in [-0.05, 0) is 49.7 Å². The first-order valence-corrected chi connectivity index (χ1v) is 10.5. The summed E-state index contributed by atoms with van der Waals surface area (Å²) >= 11 is 0. The molecule has 1 unspecified atom stereocenters. The normalized spacial score (nSPS) is 26.8. The molecule has 1 aliphatic carbocycles. The number of para-hydroxylation sites is 1. The number of carbonyl (C=O) groups is 2. The lowest BCUT2D eigenvalue weighted by molar-refractivity contribution is -0.122. The first-order valence-electron chi connectivity index (χ1n) is 10.5. The smallest absolute Gasteiger partial charge is 0.534 e. The van der Waals surface area contributed by atoms with Gasteiger partial charge in [0.2, 0.25) is 5.91 Å². The third-order valence-electron chi connectivity index (χ3n) is 6.27. The number of carbonyl (C=O) groups excluding carboxylic acids is 1. The van der Waals surface area contributed by atoms with Crippen molar-refractivity contribution in [2.75, 3.05) is 13.1 Å². The first-order chi connectivity index (χ1) is 14.0. The molecule has 1 saturated heterocycles. The van der Waals surface area contributed by atoms with Crippen LogP contribution in [-0.4, -0.2) is 60.2 Å². The Labute approximate surface area is 170 Å². The van der Waals surface area contributed by atoms with E-state index in [4.69, 9.17) is 4.65 Å². The van der Waals surface area contributed by atoms with Crippen molar-refractivity contribution in [1.82, 2.24) is 16.0 Å². The van der Waals surface area contributed by atoms with Crippen LogP contribution in [0.4, 0.5) is 0 Å². The van der Waals surface area contributed by atoms with Crippen molar-refractivity contribution >= 4 is 19.0 Å². The average Bonchev–Trinajstić information content (AvgIpc) is 2.66. The molecule has 2 heterocycles. The van der Waals surface area contributed by atoms with Gasteiger partial charge in [-0.2, -0.15) is 0 Å². The van der Waals surface area contributed by atoms with Gasteiger partial charge in [0.05, 0.1) is 11.5 Å². The lowest BCUT2D eigenvalue weighted by Crippen LogP contribution is -2.58. The van der Waals surface area contributed by atoms with Crippen molar-refractivity contribution < 1.29 is 24.4 Å². The lowest BCUT2D eigenvalue weighted by atomic mass is 9.72. The maximum atomic E-state index is 12.5. The van der Waals surface area contributed by atoms with Crippen molar-refractivity contribution in [1.29, 1.82) is 0 Å². The van der Waals surface area contributed by atoms with Crippen LogP contribution in [0.5, 0.6) is 5.75 Å². The summed E-state index contributed by atoms with van der Waals surface area (Å²) in [5, 5.41) is 29.4. The van der Waals surface area contributed by atoms with E-state index in [2.05, 4.69) is 16.0 Å². The Kier molecular flexibility index (Phi) is 6.08. The molecule has 156 valence electrons. The van der Waals surface area contributed by atoms with E-state index in [0.717, 1.165) is 38.8 Å². The van der Waals surface area contributed by atoms with E-state index in [1.807, 2.05) is 0 Å². The minimum atomic E-state index is -1.26. The third kappa shape index (κ3) is 4.74. The SMILES string of the molecule is O=C(CC1CCC(NC2CNC2)CC1)NC1Cc2cccc(C(=O)O)c2OB1O. The molecule has 8 nitrogen and oxygen atoms in total. The molecular formula is C20H28BN3O5. The molecule has 29 heavy (non-hydrogen) atoms. The van der Waals surface area contributed by atoms with E-state index in [-0.39, 0.29) is 17.2 Å². The largest absolute Gasteiger partial charge is 0.547 e. The van der Waals surface area contributed by atoms with Crippen molar-refractivity contribution in [2.45, 2.75) is 56.5 Å². The van der Waals surface area contributed by atoms with Crippen molar-refractivity contribution in [3.05, 3.63) is 29.3 Å². The Hall–Kier alpha value is -2.10. The standard InChI is InChI=1S/C20H28BN3O5/c25-18(8-12-4-6-14(7-5-12)23-15-10-22-11-15)24-17-9-13-2-1-3-16(20(26)27)19(13)29-21(17)28/h1-3,12,14-15,17,22-23,28H,4-11H2,(H,24,25)(H,26,27). The molecule has 1 atom stereocenters. The Morgan fingerprint density at radius 1 is 1.17 bits per heavy atom. The molecule has 0 spiro atoms. The van der Waals surface area contributed by atoms with Crippen LogP contribution < -0.4 is 20.6 Å². The van der Waals surface area contributed by atoms with Crippen molar-refractivity contribution in [3.8, 4) is 5.75 Å². The number of rotatable bonds is 6. The topological polar surface area (TPSA) is 120 Å². The number of carboxylic acids is 1. The number of benzene rings is 1. The summed E-state index contributed by atoms with van der Waals surface area (Å²) < 4.78 is 5.44. The lowest BCUT2D eigenvalue weighted by Gasteiger charge is -2.36. The van der Waals surface area contributed by atoms with Crippen LogP contribution in [0.15, 0.2) is 18.2 Å².